The van der Waals surface area contributed by atoms with E-state index in [9.17, 15) is 22.4 Å². The van der Waals surface area contributed by atoms with Gasteiger partial charge in [-0.2, -0.15) is 18.2 Å². The predicted molar refractivity (Wildman–Crippen MR) is 133 cm³/mol. The van der Waals surface area contributed by atoms with Crippen LogP contribution in [0.4, 0.5) is 17.6 Å². The molecule has 0 spiro atoms. The van der Waals surface area contributed by atoms with Crippen molar-refractivity contribution in [2.45, 2.75) is 76.5 Å². The van der Waals surface area contributed by atoms with Crippen molar-refractivity contribution in [3.8, 4) is 5.75 Å². The molecule has 37 heavy (non-hydrogen) atoms. The number of ether oxygens (including phenoxy) is 2. The maximum Gasteiger partial charge on any atom is 0.416 e. The van der Waals surface area contributed by atoms with Crippen LogP contribution < -0.4 is 9.54 Å². The summed E-state index contributed by atoms with van der Waals surface area (Å²) in [4.78, 5) is 20.8. The fraction of sp³-hybridized carbons (Fsp3) is 0.615. The number of alkyl halides is 4. The number of amides is 1. The van der Waals surface area contributed by atoms with Crippen LogP contribution in [0.15, 0.2) is 29.4 Å². The summed E-state index contributed by atoms with van der Waals surface area (Å²) in [6.45, 7) is 7.63. The van der Waals surface area contributed by atoms with Gasteiger partial charge in [0.2, 0.25) is 0 Å². The minimum atomic E-state index is -4.64. The Balaban J connectivity index is 1.69. The van der Waals surface area contributed by atoms with Crippen LogP contribution in [0.5, 0.6) is 5.75 Å². The third-order valence-electron chi connectivity index (χ3n) is 6.69. The third-order valence-corrected chi connectivity index (χ3v) is 8.13. The normalized spacial score (nSPS) is 23.7. The molecule has 6 nitrogen and oxygen atoms in total. The zero-order chi connectivity index (χ0) is 27.0. The molecule has 11 heteroatoms. The van der Waals surface area contributed by atoms with E-state index in [-0.39, 0.29) is 48.4 Å². The van der Waals surface area contributed by atoms with Gasteiger partial charge in [0.05, 0.1) is 23.8 Å². The highest BCUT2D eigenvalue weighted by molar-refractivity contribution is 7.09. The lowest BCUT2D eigenvalue weighted by Crippen LogP contribution is -2.31. The van der Waals surface area contributed by atoms with Crippen LogP contribution in [0.25, 0.3) is 0 Å². The van der Waals surface area contributed by atoms with Crippen LogP contribution in [0.3, 0.4) is 0 Å². The molecule has 1 aromatic carbocycles. The zero-order valence-electron chi connectivity index (χ0n) is 21.5. The molecular weight excluding hydrogens is 510 g/mol. The largest absolute Gasteiger partial charge is 0.491 e. The molecular formula is C26H33F4N3O3S. The standard InChI is InChI=1S/C26H33F4N3O3S/c1-25(2,3)22-14-33(13-19-6-5-9-35-19)24(37-22)31-23(34)20-10-16(26(28,29)30)7-8-21(20)36-15-18-11-17(27)12-32(18)4/h7-8,10,14,17-19H,5-6,9,11-13,15H2,1-4H3/b31-24-/t17-,18+,19-/m1/s1. The summed E-state index contributed by atoms with van der Waals surface area (Å²) in [7, 11) is 1.76. The Bertz CT molecular complexity index is 1180. The van der Waals surface area contributed by atoms with E-state index < -0.39 is 23.8 Å². The van der Waals surface area contributed by atoms with Gasteiger partial charge in [-0.1, -0.05) is 20.8 Å². The highest BCUT2D eigenvalue weighted by atomic mass is 32.1. The third kappa shape index (κ3) is 6.80. The molecule has 1 amide bonds. The van der Waals surface area contributed by atoms with E-state index in [0.29, 0.717) is 18.0 Å². The molecule has 3 heterocycles. The number of nitrogens with zero attached hydrogens (tertiary/aromatic N) is 3. The summed E-state index contributed by atoms with van der Waals surface area (Å²) < 4.78 is 67.6. The van der Waals surface area contributed by atoms with Gasteiger partial charge in [0.1, 0.15) is 18.5 Å². The van der Waals surface area contributed by atoms with Gasteiger partial charge in [0.15, 0.2) is 4.80 Å². The van der Waals surface area contributed by atoms with E-state index in [4.69, 9.17) is 9.47 Å². The Morgan fingerprint density at radius 3 is 2.62 bits per heavy atom. The van der Waals surface area contributed by atoms with Gasteiger partial charge in [-0.3, -0.25) is 9.69 Å². The molecule has 0 saturated carbocycles. The summed E-state index contributed by atoms with van der Waals surface area (Å²) in [5.41, 5.74) is -1.44. The van der Waals surface area contributed by atoms with Crippen molar-refractivity contribution < 1.29 is 31.8 Å². The number of rotatable bonds is 6. The molecule has 3 atom stereocenters. The van der Waals surface area contributed by atoms with Gasteiger partial charge >= 0.3 is 6.18 Å². The summed E-state index contributed by atoms with van der Waals surface area (Å²) in [5, 5.41) is 0. The van der Waals surface area contributed by atoms with Gasteiger partial charge in [-0.05, 0) is 49.9 Å². The lowest BCUT2D eigenvalue weighted by Gasteiger charge is -2.20. The number of benzene rings is 1. The highest BCUT2D eigenvalue weighted by Crippen LogP contribution is 2.33. The zero-order valence-corrected chi connectivity index (χ0v) is 22.3. The molecule has 2 fully saturated rings. The summed E-state index contributed by atoms with van der Waals surface area (Å²) >= 11 is 1.33. The van der Waals surface area contributed by atoms with Crippen molar-refractivity contribution in [1.29, 1.82) is 0 Å². The van der Waals surface area contributed by atoms with Crippen molar-refractivity contribution in [1.82, 2.24) is 9.47 Å². The van der Waals surface area contributed by atoms with Crippen molar-refractivity contribution in [2.24, 2.45) is 4.99 Å². The Labute approximate surface area is 217 Å². The highest BCUT2D eigenvalue weighted by Gasteiger charge is 2.33. The van der Waals surface area contributed by atoms with Crippen molar-refractivity contribution in [2.75, 3.05) is 26.8 Å². The van der Waals surface area contributed by atoms with Gasteiger partial charge in [0, 0.05) is 30.3 Å². The molecule has 2 saturated heterocycles. The Hall–Kier alpha value is -2.24. The number of carbonyl (C=O) groups is 1. The summed E-state index contributed by atoms with van der Waals surface area (Å²) in [6.07, 6.45) is -1.59. The van der Waals surface area contributed by atoms with Gasteiger partial charge in [-0.25, -0.2) is 4.39 Å². The number of likely N-dealkylation sites (tertiary alicyclic amines) is 1. The fourth-order valence-corrected chi connectivity index (χ4v) is 5.55. The minimum absolute atomic E-state index is 0.00395. The average Bonchev–Trinajstić information content (AvgIpc) is 3.53. The first-order chi connectivity index (χ1) is 17.3. The van der Waals surface area contributed by atoms with E-state index in [1.54, 1.807) is 11.9 Å². The van der Waals surface area contributed by atoms with E-state index >= 15 is 0 Å². The van der Waals surface area contributed by atoms with Crippen LogP contribution in [-0.2, 0) is 22.9 Å². The molecule has 0 unspecified atom stereocenters. The molecule has 4 rings (SSSR count). The van der Waals surface area contributed by atoms with Crippen LogP contribution in [0.1, 0.15) is 60.8 Å². The molecule has 0 radical (unpaired) electrons. The van der Waals surface area contributed by atoms with Crippen molar-refractivity contribution in [3.63, 3.8) is 0 Å². The molecule has 1 aromatic heterocycles. The number of likely N-dealkylation sites (N-methyl/N-ethyl adjacent to an activating group) is 1. The second kappa shape index (κ2) is 10.9. The molecule has 204 valence electrons. The minimum Gasteiger partial charge on any atom is -0.491 e. The molecule has 0 N–H and O–H groups in total. The first kappa shape index (κ1) is 27.8. The van der Waals surface area contributed by atoms with Gasteiger partial charge < -0.3 is 14.0 Å². The Morgan fingerprint density at radius 1 is 1.27 bits per heavy atom. The van der Waals surface area contributed by atoms with Crippen molar-refractivity contribution >= 4 is 17.2 Å². The lowest BCUT2D eigenvalue weighted by molar-refractivity contribution is -0.137. The second-order valence-electron chi connectivity index (χ2n) is 10.8. The summed E-state index contributed by atoms with van der Waals surface area (Å²) in [6, 6.07) is 2.56. The first-order valence-corrected chi connectivity index (χ1v) is 13.2. The van der Waals surface area contributed by atoms with E-state index in [1.807, 2.05) is 31.5 Å². The van der Waals surface area contributed by atoms with Gasteiger partial charge in [-0.15, -0.1) is 11.3 Å². The predicted octanol–water partition coefficient (Wildman–Crippen LogP) is 5.21. The smallest absolute Gasteiger partial charge is 0.416 e. The summed E-state index contributed by atoms with van der Waals surface area (Å²) in [5.74, 6) is -0.830. The maximum absolute atomic E-state index is 13.8. The second-order valence-corrected chi connectivity index (χ2v) is 11.8. The molecule has 2 aliphatic rings. The molecule has 0 bridgehead atoms. The quantitative estimate of drug-likeness (QED) is 0.470. The van der Waals surface area contributed by atoms with E-state index in [0.717, 1.165) is 35.9 Å². The number of hydrogen-bond acceptors (Lipinski definition) is 5. The number of hydrogen-bond donors (Lipinski definition) is 0. The fourth-order valence-electron chi connectivity index (χ4n) is 4.49. The van der Waals surface area contributed by atoms with Crippen molar-refractivity contribution in [3.05, 3.63) is 45.2 Å². The lowest BCUT2D eigenvalue weighted by atomic mass is 9.95. The number of aromatic nitrogens is 1. The Morgan fingerprint density at radius 2 is 2.03 bits per heavy atom. The van der Waals surface area contributed by atoms with Crippen LogP contribution in [0, 0.1) is 0 Å². The topological polar surface area (TPSA) is 56.1 Å². The Kier molecular flexibility index (Phi) is 8.16. The molecule has 0 aliphatic carbocycles. The van der Waals surface area contributed by atoms with E-state index in [1.165, 1.54) is 11.3 Å². The number of carbonyl (C=O) groups excluding carboxylic acids is 1. The van der Waals surface area contributed by atoms with Gasteiger partial charge in [0.25, 0.3) is 5.91 Å². The number of thiazole rings is 1. The van der Waals surface area contributed by atoms with Crippen LogP contribution >= 0.6 is 11.3 Å². The SMILES string of the molecule is CN1C[C@H](F)C[C@H]1COc1ccc(C(F)(F)F)cc1C(=O)/N=c1\sc(C(C)(C)C)cn1C[C@H]1CCCO1. The van der Waals surface area contributed by atoms with E-state index in [2.05, 4.69) is 4.99 Å². The number of halogens is 4. The maximum atomic E-state index is 13.8. The molecule has 2 aliphatic heterocycles. The van der Waals surface area contributed by atoms with Crippen LogP contribution in [0.2, 0.25) is 0 Å². The molecule has 2 aromatic rings. The monoisotopic (exact) mass is 543 g/mol. The first-order valence-electron chi connectivity index (χ1n) is 12.4. The van der Waals surface area contributed by atoms with Crippen LogP contribution in [-0.4, -0.2) is 60.5 Å². The average molecular weight is 544 g/mol.